The fourth-order valence-corrected chi connectivity index (χ4v) is 6.63. The summed E-state index contributed by atoms with van der Waals surface area (Å²) in [6.07, 6.45) is -0.0262. The number of aromatic nitrogens is 1. The number of H-pyrrole nitrogens is 1. The molecule has 1 aromatic heterocycles. The molecule has 0 aliphatic carbocycles. The zero-order valence-electron chi connectivity index (χ0n) is 23.6. The molecule has 0 saturated heterocycles. The highest BCUT2D eigenvalue weighted by atomic mass is 79.9. The Morgan fingerprint density at radius 3 is 2.44 bits per heavy atom. The fourth-order valence-electron chi connectivity index (χ4n) is 5.34. The minimum absolute atomic E-state index is 0.0262. The number of hydrazone groups is 1. The first-order valence-corrected chi connectivity index (χ1v) is 16.0. The standard InChI is InChI=1S/C32H24BrN5O6S/c1-19-10-13-24(14-11-19)45(43,44)36-32(40)37-28(21-8-5-9-23(16-21)38(41)42)18-27(35-37)30-29(20-6-3-2-4-7-20)25-17-22(33)12-15-26(25)34-31(30)39/h2-17,28H,18H2,1H3,(H,34,39)(H,36,40). The monoisotopic (exact) mass is 685 g/mol. The van der Waals surface area contributed by atoms with Crippen LogP contribution >= 0.6 is 15.9 Å². The van der Waals surface area contributed by atoms with Gasteiger partial charge in [-0.05, 0) is 48.4 Å². The van der Waals surface area contributed by atoms with Crippen molar-refractivity contribution in [2.24, 2.45) is 5.10 Å². The third-order valence-corrected chi connectivity index (χ3v) is 9.29. The van der Waals surface area contributed by atoms with E-state index in [1.54, 1.807) is 37.3 Å². The van der Waals surface area contributed by atoms with E-state index < -0.39 is 32.6 Å². The van der Waals surface area contributed by atoms with E-state index in [1.165, 1.54) is 30.3 Å². The molecule has 0 bridgehead atoms. The van der Waals surface area contributed by atoms with Gasteiger partial charge >= 0.3 is 6.03 Å². The van der Waals surface area contributed by atoms with Crippen LogP contribution in [0.25, 0.3) is 22.0 Å². The summed E-state index contributed by atoms with van der Waals surface area (Å²) in [7, 11) is -4.31. The number of aryl methyl sites for hydroxylation is 1. The summed E-state index contributed by atoms with van der Waals surface area (Å²) in [5, 5.41) is 17.8. The molecule has 226 valence electrons. The number of urea groups is 1. The number of fused-ring (bicyclic) bond motifs is 1. The van der Waals surface area contributed by atoms with Crippen LogP contribution in [-0.4, -0.2) is 35.1 Å². The Morgan fingerprint density at radius 1 is 1.00 bits per heavy atom. The molecule has 1 aliphatic rings. The summed E-state index contributed by atoms with van der Waals surface area (Å²) in [6.45, 7) is 1.80. The SMILES string of the molecule is Cc1ccc(S(=O)(=O)NC(=O)N2N=C(c3c(-c4ccccc4)c4cc(Br)ccc4[nH]c3=O)CC2c2cccc([N+](=O)[O-])c2)cc1. The van der Waals surface area contributed by atoms with Crippen LogP contribution in [0.4, 0.5) is 10.5 Å². The number of amides is 2. The minimum atomic E-state index is -4.31. The molecule has 1 atom stereocenters. The third kappa shape index (κ3) is 5.87. The molecule has 2 N–H and O–H groups in total. The number of halogens is 1. The number of carbonyl (C=O) groups excluding carboxylic acids is 1. The highest BCUT2D eigenvalue weighted by Crippen LogP contribution is 2.38. The quantitative estimate of drug-likeness (QED) is 0.155. The maximum Gasteiger partial charge on any atom is 0.352 e. The zero-order chi connectivity index (χ0) is 31.9. The Balaban J connectivity index is 1.51. The predicted molar refractivity (Wildman–Crippen MR) is 173 cm³/mol. The summed E-state index contributed by atoms with van der Waals surface area (Å²) in [4.78, 5) is 41.2. The van der Waals surface area contributed by atoms with Crippen LogP contribution in [0.15, 0.2) is 116 Å². The van der Waals surface area contributed by atoms with E-state index in [0.29, 0.717) is 22.0 Å². The lowest BCUT2D eigenvalue weighted by Gasteiger charge is -2.22. The van der Waals surface area contributed by atoms with Crippen LogP contribution in [0.2, 0.25) is 0 Å². The minimum Gasteiger partial charge on any atom is -0.321 e. The Morgan fingerprint density at radius 2 is 1.73 bits per heavy atom. The molecule has 0 spiro atoms. The number of pyridine rings is 1. The zero-order valence-corrected chi connectivity index (χ0v) is 26.0. The van der Waals surface area contributed by atoms with Crippen molar-refractivity contribution in [3.05, 3.63) is 139 Å². The average molecular weight is 687 g/mol. The van der Waals surface area contributed by atoms with Gasteiger partial charge < -0.3 is 4.98 Å². The van der Waals surface area contributed by atoms with Crippen molar-refractivity contribution in [1.29, 1.82) is 0 Å². The predicted octanol–water partition coefficient (Wildman–Crippen LogP) is 6.42. The molecule has 6 rings (SSSR count). The van der Waals surface area contributed by atoms with Crippen LogP contribution in [0.1, 0.15) is 29.2 Å². The van der Waals surface area contributed by atoms with Gasteiger partial charge in [0.05, 0.1) is 27.1 Å². The number of benzene rings is 4. The van der Waals surface area contributed by atoms with E-state index in [4.69, 9.17) is 0 Å². The summed E-state index contributed by atoms with van der Waals surface area (Å²) in [5.74, 6) is 0. The van der Waals surface area contributed by atoms with Crippen molar-refractivity contribution in [2.75, 3.05) is 0 Å². The van der Waals surface area contributed by atoms with E-state index in [-0.39, 0.29) is 28.3 Å². The largest absolute Gasteiger partial charge is 0.352 e. The van der Waals surface area contributed by atoms with Crippen molar-refractivity contribution in [2.45, 2.75) is 24.3 Å². The van der Waals surface area contributed by atoms with Crippen LogP contribution in [-0.2, 0) is 10.0 Å². The van der Waals surface area contributed by atoms with Gasteiger partial charge in [0.15, 0.2) is 0 Å². The molecule has 0 saturated carbocycles. The van der Waals surface area contributed by atoms with E-state index in [9.17, 15) is 28.1 Å². The number of hydrogen-bond donors (Lipinski definition) is 2. The van der Waals surface area contributed by atoms with E-state index in [1.807, 2.05) is 36.4 Å². The third-order valence-electron chi connectivity index (χ3n) is 7.46. The van der Waals surface area contributed by atoms with Gasteiger partial charge in [-0.15, -0.1) is 0 Å². The van der Waals surface area contributed by atoms with Crippen LogP contribution in [0, 0.1) is 17.0 Å². The molecule has 2 heterocycles. The summed E-state index contributed by atoms with van der Waals surface area (Å²) >= 11 is 3.51. The van der Waals surface area contributed by atoms with Gasteiger partial charge in [-0.1, -0.05) is 76.1 Å². The number of nitrogens with zero attached hydrogens (tertiary/aromatic N) is 3. The second-order valence-corrected chi connectivity index (χ2v) is 13.0. The van der Waals surface area contributed by atoms with Crippen LogP contribution < -0.4 is 10.3 Å². The highest BCUT2D eigenvalue weighted by Gasteiger charge is 2.37. The molecule has 45 heavy (non-hydrogen) atoms. The molecule has 4 aromatic carbocycles. The summed E-state index contributed by atoms with van der Waals surface area (Å²) in [6, 6.07) is 24.3. The first-order valence-electron chi connectivity index (χ1n) is 13.7. The van der Waals surface area contributed by atoms with E-state index in [0.717, 1.165) is 20.6 Å². The molecule has 13 heteroatoms. The van der Waals surface area contributed by atoms with E-state index >= 15 is 0 Å². The van der Waals surface area contributed by atoms with Gasteiger partial charge in [0.2, 0.25) is 0 Å². The van der Waals surface area contributed by atoms with Gasteiger partial charge in [-0.25, -0.2) is 22.9 Å². The van der Waals surface area contributed by atoms with Crippen molar-refractivity contribution >= 4 is 54.3 Å². The number of non-ortho nitro benzene ring substituents is 1. The lowest BCUT2D eigenvalue weighted by molar-refractivity contribution is -0.384. The van der Waals surface area contributed by atoms with Gasteiger partial charge in [-0.3, -0.25) is 14.9 Å². The van der Waals surface area contributed by atoms with Crippen LogP contribution in [0.3, 0.4) is 0 Å². The van der Waals surface area contributed by atoms with Gasteiger partial charge in [0.1, 0.15) is 0 Å². The molecule has 0 fully saturated rings. The molecule has 5 aromatic rings. The molecule has 1 unspecified atom stereocenters. The first kappa shape index (κ1) is 29.9. The molecule has 0 radical (unpaired) electrons. The summed E-state index contributed by atoms with van der Waals surface area (Å²) < 4.78 is 29.2. The normalized spacial score (nSPS) is 14.8. The summed E-state index contributed by atoms with van der Waals surface area (Å²) in [5.41, 5.74) is 2.77. The van der Waals surface area contributed by atoms with E-state index in [2.05, 4.69) is 30.7 Å². The number of nitro groups is 1. The average Bonchev–Trinajstić information content (AvgIpc) is 3.46. The number of carbonyl (C=O) groups is 1. The smallest absolute Gasteiger partial charge is 0.321 e. The fraction of sp³-hybridized carbons (Fsp3) is 0.0938. The Labute approximate surface area is 265 Å². The van der Waals surface area contributed by atoms with Crippen molar-refractivity contribution in [3.63, 3.8) is 0 Å². The lowest BCUT2D eigenvalue weighted by atomic mass is 9.91. The topological polar surface area (TPSA) is 155 Å². The van der Waals surface area contributed by atoms with Gasteiger partial charge in [-0.2, -0.15) is 5.10 Å². The van der Waals surface area contributed by atoms with Gasteiger partial charge in [0, 0.05) is 39.5 Å². The maximum atomic E-state index is 13.8. The number of rotatable bonds is 6. The number of sulfonamides is 1. The molecule has 2 amide bonds. The molecular weight excluding hydrogens is 662 g/mol. The number of nitrogens with one attached hydrogen (secondary N) is 2. The number of nitro benzene ring substituents is 1. The Kier molecular flexibility index (Phi) is 7.81. The lowest BCUT2D eigenvalue weighted by Crippen LogP contribution is -2.40. The molecule has 1 aliphatic heterocycles. The van der Waals surface area contributed by atoms with Crippen molar-refractivity contribution in [3.8, 4) is 11.1 Å². The first-order chi connectivity index (χ1) is 21.5. The highest BCUT2D eigenvalue weighted by molar-refractivity contribution is 9.10. The second kappa shape index (κ2) is 11.7. The second-order valence-electron chi connectivity index (χ2n) is 10.4. The molecular formula is C32H24BrN5O6S. The maximum absolute atomic E-state index is 13.8. The Bertz CT molecular complexity index is 2180. The van der Waals surface area contributed by atoms with Gasteiger partial charge in [0.25, 0.3) is 21.3 Å². The van der Waals surface area contributed by atoms with Crippen LogP contribution in [0.5, 0.6) is 0 Å². The van der Waals surface area contributed by atoms with Crippen molar-refractivity contribution < 1.29 is 18.1 Å². The van der Waals surface area contributed by atoms with Crippen molar-refractivity contribution in [1.82, 2.24) is 14.7 Å². The Hall–Kier alpha value is -5.14. The number of hydrogen-bond acceptors (Lipinski definition) is 7. The number of aromatic amines is 1. The molecule has 11 nitrogen and oxygen atoms in total.